The number of anilines is 1. The van der Waals surface area contributed by atoms with Crippen LogP contribution in [-0.2, 0) is 4.79 Å². The number of nitrogens with one attached hydrogen (secondary N) is 1. The van der Waals surface area contributed by atoms with E-state index in [1.807, 2.05) is 43.3 Å². The Labute approximate surface area is 167 Å². The molecule has 0 saturated carbocycles. The van der Waals surface area contributed by atoms with Gasteiger partial charge in [-0.15, -0.1) is 0 Å². The van der Waals surface area contributed by atoms with Gasteiger partial charge in [0.25, 0.3) is 0 Å². The minimum Gasteiger partial charge on any atom is -0.497 e. The number of para-hydroxylation sites is 1. The summed E-state index contributed by atoms with van der Waals surface area (Å²) in [5, 5.41) is 3.83. The third kappa shape index (κ3) is 3.75. The van der Waals surface area contributed by atoms with E-state index in [-0.39, 0.29) is 11.3 Å². The molecule has 144 valence electrons. The van der Waals surface area contributed by atoms with Crippen molar-refractivity contribution in [3.8, 4) is 5.75 Å². The summed E-state index contributed by atoms with van der Waals surface area (Å²) >= 11 is 0. The first-order chi connectivity index (χ1) is 14.0. The average molecular weight is 385 g/mol. The fourth-order valence-electron chi connectivity index (χ4n) is 3.16. The van der Waals surface area contributed by atoms with Crippen LogP contribution in [0.5, 0.6) is 5.75 Å². The molecular weight excluding hydrogens is 366 g/mol. The molecule has 0 spiro atoms. The standard InChI is InChI=1S/C24H19NO4/c1-15-4-3-5-20-23(27)19-12-9-17(14-21(19)29-24(15)20)25-22(26)13-8-16-6-10-18(28-2)11-7-16/h3-14H,1-2H3,(H,25,26)/b13-8+. The average Bonchev–Trinajstić information content (AvgIpc) is 2.73. The van der Waals surface area contributed by atoms with Crippen LogP contribution in [0.3, 0.4) is 0 Å². The molecule has 4 aromatic rings. The van der Waals surface area contributed by atoms with Gasteiger partial charge in [-0.1, -0.05) is 24.3 Å². The summed E-state index contributed by atoms with van der Waals surface area (Å²) in [6.07, 6.45) is 3.17. The number of methoxy groups -OCH3 is 1. The molecule has 0 unspecified atom stereocenters. The zero-order chi connectivity index (χ0) is 20.4. The highest BCUT2D eigenvalue weighted by Gasteiger charge is 2.10. The number of rotatable bonds is 4. The van der Waals surface area contributed by atoms with Crippen LogP contribution in [0, 0.1) is 6.92 Å². The van der Waals surface area contributed by atoms with E-state index in [0.717, 1.165) is 16.9 Å². The van der Waals surface area contributed by atoms with Gasteiger partial charge in [0.2, 0.25) is 11.3 Å². The number of fused-ring (bicyclic) bond motifs is 2. The lowest BCUT2D eigenvalue weighted by Gasteiger charge is -2.06. The molecule has 1 aromatic heterocycles. The van der Waals surface area contributed by atoms with Crippen LogP contribution in [-0.4, -0.2) is 13.0 Å². The SMILES string of the molecule is COc1ccc(/C=C/C(=O)Nc2ccc3c(=O)c4cccc(C)c4oc3c2)cc1. The number of aryl methyl sites for hydroxylation is 1. The minimum atomic E-state index is -0.278. The van der Waals surface area contributed by atoms with Crippen molar-refractivity contribution in [2.24, 2.45) is 0 Å². The van der Waals surface area contributed by atoms with E-state index in [2.05, 4.69) is 5.32 Å². The zero-order valence-corrected chi connectivity index (χ0v) is 16.1. The number of benzene rings is 3. The van der Waals surface area contributed by atoms with Gasteiger partial charge in [0.05, 0.1) is 17.9 Å². The highest BCUT2D eigenvalue weighted by atomic mass is 16.5. The Kier molecular flexibility index (Phi) is 4.87. The molecule has 1 amide bonds. The van der Waals surface area contributed by atoms with E-state index in [1.165, 1.54) is 6.08 Å². The molecule has 4 rings (SSSR count). The molecule has 5 nitrogen and oxygen atoms in total. The molecule has 0 aliphatic rings. The van der Waals surface area contributed by atoms with Gasteiger partial charge in [0, 0.05) is 17.8 Å². The fourth-order valence-corrected chi connectivity index (χ4v) is 3.16. The Balaban J connectivity index is 1.59. The van der Waals surface area contributed by atoms with Crippen molar-refractivity contribution in [1.29, 1.82) is 0 Å². The molecular formula is C24H19NO4. The topological polar surface area (TPSA) is 68.5 Å². The molecule has 5 heteroatoms. The Hall–Kier alpha value is -3.86. The molecule has 3 aromatic carbocycles. The van der Waals surface area contributed by atoms with Crippen LogP contribution < -0.4 is 15.5 Å². The Bertz CT molecular complexity index is 1300. The Morgan fingerprint density at radius 1 is 1.03 bits per heavy atom. The second-order valence-corrected chi connectivity index (χ2v) is 6.69. The van der Waals surface area contributed by atoms with Crippen LogP contribution in [0.15, 0.2) is 76.0 Å². The maximum Gasteiger partial charge on any atom is 0.248 e. The van der Waals surface area contributed by atoms with Crippen LogP contribution in [0.1, 0.15) is 11.1 Å². The lowest BCUT2D eigenvalue weighted by Crippen LogP contribution is -2.08. The first-order valence-electron chi connectivity index (χ1n) is 9.14. The van der Waals surface area contributed by atoms with E-state index in [0.29, 0.717) is 27.6 Å². The first-order valence-corrected chi connectivity index (χ1v) is 9.14. The number of carbonyl (C=O) groups is 1. The first kappa shape index (κ1) is 18.5. The lowest BCUT2D eigenvalue weighted by atomic mass is 10.1. The number of hydrogen-bond donors (Lipinski definition) is 1. The summed E-state index contributed by atoms with van der Waals surface area (Å²) in [4.78, 5) is 25.0. The fraction of sp³-hybridized carbons (Fsp3) is 0.0833. The van der Waals surface area contributed by atoms with E-state index in [1.54, 1.807) is 37.5 Å². The van der Waals surface area contributed by atoms with Crippen molar-refractivity contribution in [2.75, 3.05) is 12.4 Å². The van der Waals surface area contributed by atoms with E-state index >= 15 is 0 Å². The van der Waals surface area contributed by atoms with Gasteiger partial charge < -0.3 is 14.5 Å². The number of hydrogen-bond acceptors (Lipinski definition) is 4. The van der Waals surface area contributed by atoms with E-state index in [9.17, 15) is 9.59 Å². The van der Waals surface area contributed by atoms with Crippen LogP contribution in [0.2, 0.25) is 0 Å². The quantitative estimate of drug-likeness (QED) is 0.400. The molecule has 0 aliphatic heterocycles. The Morgan fingerprint density at radius 3 is 2.59 bits per heavy atom. The summed E-state index contributed by atoms with van der Waals surface area (Å²) in [5.74, 6) is 0.478. The van der Waals surface area contributed by atoms with Crippen LogP contribution in [0.25, 0.3) is 28.0 Å². The second kappa shape index (κ2) is 7.64. The normalized spacial score (nSPS) is 11.2. The van der Waals surface area contributed by atoms with Crippen molar-refractivity contribution < 1.29 is 13.9 Å². The molecule has 0 fully saturated rings. The molecule has 1 heterocycles. The van der Waals surface area contributed by atoms with Gasteiger partial charge in [0.15, 0.2) is 0 Å². The van der Waals surface area contributed by atoms with Crippen LogP contribution in [0.4, 0.5) is 5.69 Å². The summed E-state index contributed by atoms with van der Waals surface area (Å²) in [7, 11) is 1.61. The summed E-state index contributed by atoms with van der Waals surface area (Å²) in [5.41, 5.74) is 3.24. The van der Waals surface area contributed by atoms with Crippen molar-refractivity contribution in [3.05, 3.63) is 88.1 Å². The van der Waals surface area contributed by atoms with Gasteiger partial charge in [-0.3, -0.25) is 9.59 Å². The molecule has 0 aliphatic carbocycles. The number of amides is 1. The van der Waals surface area contributed by atoms with Gasteiger partial charge in [-0.05, 0) is 54.5 Å². The van der Waals surface area contributed by atoms with E-state index < -0.39 is 0 Å². The van der Waals surface area contributed by atoms with Gasteiger partial charge in [0.1, 0.15) is 16.9 Å². The van der Waals surface area contributed by atoms with E-state index in [4.69, 9.17) is 9.15 Å². The predicted molar refractivity (Wildman–Crippen MR) is 115 cm³/mol. The molecule has 0 atom stereocenters. The number of ether oxygens (including phenoxy) is 1. The van der Waals surface area contributed by atoms with Crippen molar-refractivity contribution in [2.45, 2.75) is 6.92 Å². The molecule has 0 bridgehead atoms. The van der Waals surface area contributed by atoms with Crippen molar-refractivity contribution in [1.82, 2.24) is 0 Å². The zero-order valence-electron chi connectivity index (χ0n) is 16.1. The number of carbonyl (C=O) groups excluding carboxylic acids is 1. The Morgan fingerprint density at radius 2 is 1.83 bits per heavy atom. The third-order valence-electron chi connectivity index (χ3n) is 4.71. The maximum absolute atomic E-state index is 12.7. The van der Waals surface area contributed by atoms with Crippen LogP contribution >= 0.6 is 0 Å². The molecule has 0 radical (unpaired) electrons. The monoisotopic (exact) mass is 385 g/mol. The molecule has 0 saturated heterocycles. The third-order valence-corrected chi connectivity index (χ3v) is 4.71. The molecule has 1 N–H and O–H groups in total. The lowest BCUT2D eigenvalue weighted by molar-refractivity contribution is -0.111. The van der Waals surface area contributed by atoms with Crippen molar-refractivity contribution in [3.63, 3.8) is 0 Å². The minimum absolute atomic E-state index is 0.0813. The van der Waals surface area contributed by atoms with Crippen molar-refractivity contribution >= 4 is 39.6 Å². The summed E-state index contributed by atoms with van der Waals surface area (Å²) < 4.78 is 11.1. The van der Waals surface area contributed by atoms with Gasteiger partial charge >= 0.3 is 0 Å². The molecule has 29 heavy (non-hydrogen) atoms. The van der Waals surface area contributed by atoms with Gasteiger partial charge in [-0.25, -0.2) is 0 Å². The summed E-state index contributed by atoms with van der Waals surface area (Å²) in [6, 6.07) is 17.9. The highest BCUT2D eigenvalue weighted by molar-refractivity contribution is 6.03. The maximum atomic E-state index is 12.7. The predicted octanol–water partition coefficient (Wildman–Crippen LogP) is 4.92. The highest BCUT2D eigenvalue weighted by Crippen LogP contribution is 2.23. The smallest absolute Gasteiger partial charge is 0.248 e. The van der Waals surface area contributed by atoms with Gasteiger partial charge in [-0.2, -0.15) is 0 Å². The largest absolute Gasteiger partial charge is 0.497 e. The summed E-state index contributed by atoms with van der Waals surface area (Å²) in [6.45, 7) is 1.90. The second-order valence-electron chi connectivity index (χ2n) is 6.69.